The van der Waals surface area contributed by atoms with Crippen molar-refractivity contribution in [3.63, 3.8) is 0 Å². The van der Waals surface area contributed by atoms with Gasteiger partial charge < -0.3 is 14.5 Å². The van der Waals surface area contributed by atoms with Crippen LogP contribution in [0.5, 0.6) is 5.75 Å². The summed E-state index contributed by atoms with van der Waals surface area (Å²) in [6, 6.07) is 15.8. The number of piperazine rings is 1. The maximum atomic E-state index is 12.7. The van der Waals surface area contributed by atoms with E-state index in [4.69, 9.17) is 4.74 Å². The van der Waals surface area contributed by atoms with Gasteiger partial charge in [-0.1, -0.05) is 44.2 Å². The molecule has 0 aliphatic carbocycles. The lowest BCUT2D eigenvalue weighted by Crippen LogP contribution is -2.50. The van der Waals surface area contributed by atoms with Gasteiger partial charge in [-0.05, 0) is 48.6 Å². The summed E-state index contributed by atoms with van der Waals surface area (Å²) in [5.41, 5.74) is 3.05. The van der Waals surface area contributed by atoms with Crippen LogP contribution in [0.1, 0.15) is 54.1 Å². The first-order valence-electron chi connectivity index (χ1n) is 10.8. The first-order valence-corrected chi connectivity index (χ1v) is 10.8. The molecule has 1 fully saturated rings. The minimum Gasteiger partial charge on any atom is -0.493 e. The number of nitrogens with zero attached hydrogens (tertiary/aromatic N) is 2. The van der Waals surface area contributed by atoms with Crippen molar-refractivity contribution in [2.24, 2.45) is 0 Å². The summed E-state index contributed by atoms with van der Waals surface area (Å²) in [6.07, 6.45) is 1.16. The Hall–Kier alpha value is -2.82. The standard InChI is InChI=1S/C25H32N2O3/c1-19(2)21-10-12-22(13-11-21)25(29)27-16-14-26(15-17-27)24(28)9-6-18-30-23-8-5-4-7-20(23)3/h4-5,7-8,10-13,19H,6,9,14-18H2,1-3H3. The van der Waals surface area contributed by atoms with E-state index in [0.29, 0.717) is 57.1 Å². The first kappa shape index (κ1) is 21.9. The molecule has 5 nitrogen and oxygen atoms in total. The molecule has 3 rings (SSSR count). The molecule has 2 aromatic rings. The molecule has 0 N–H and O–H groups in total. The monoisotopic (exact) mass is 408 g/mol. The van der Waals surface area contributed by atoms with Crippen LogP contribution in [0.15, 0.2) is 48.5 Å². The first-order chi connectivity index (χ1) is 14.5. The lowest BCUT2D eigenvalue weighted by Gasteiger charge is -2.35. The van der Waals surface area contributed by atoms with Crippen molar-refractivity contribution in [1.29, 1.82) is 0 Å². The smallest absolute Gasteiger partial charge is 0.253 e. The van der Waals surface area contributed by atoms with Gasteiger partial charge in [-0.15, -0.1) is 0 Å². The predicted octanol–water partition coefficient (Wildman–Crippen LogP) is 4.26. The van der Waals surface area contributed by atoms with E-state index in [1.807, 2.05) is 65.3 Å². The molecule has 160 valence electrons. The van der Waals surface area contributed by atoms with Crippen LogP contribution < -0.4 is 4.74 Å². The van der Waals surface area contributed by atoms with Crippen molar-refractivity contribution >= 4 is 11.8 Å². The fourth-order valence-corrected chi connectivity index (χ4v) is 3.63. The molecule has 0 spiro atoms. The number of amides is 2. The van der Waals surface area contributed by atoms with E-state index in [1.54, 1.807) is 0 Å². The second-order valence-corrected chi connectivity index (χ2v) is 8.17. The molecule has 0 saturated carbocycles. The number of carbonyl (C=O) groups excluding carboxylic acids is 2. The van der Waals surface area contributed by atoms with Crippen LogP contribution in [-0.2, 0) is 4.79 Å². The zero-order valence-corrected chi connectivity index (χ0v) is 18.3. The van der Waals surface area contributed by atoms with Crippen molar-refractivity contribution in [2.45, 2.75) is 39.5 Å². The summed E-state index contributed by atoms with van der Waals surface area (Å²) in [5.74, 6) is 1.50. The van der Waals surface area contributed by atoms with E-state index in [-0.39, 0.29) is 11.8 Å². The summed E-state index contributed by atoms with van der Waals surface area (Å²) < 4.78 is 5.77. The van der Waals surface area contributed by atoms with Crippen molar-refractivity contribution in [3.05, 3.63) is 65.2 Å². The Morgan fingerprint density at radius 3 is 2.20 bits per heavy atom. The van der Waals surface area contributed by atoms with Gasteiger partial charge in [0.05, 0.1) is 6.61 Å². The third-order valence-corrected chi connectivity index (χ3v) is 5.63. The maximum Gasteiger partial charge on any atom is 0.253 e. The molecule has 1 aliphatic heterocycles. The molecule has 0 radical (unpaired) electrons. The van der Waals surface area contributed by atoms with Crippen LogP contribution in [-0.4, -0.2) is 54.4 Å². The molecule has 2 amide bonds. The van der Waals surface area contributed by atoms with Gasteiger partial charge in [-0.2, -0.15) is 0 Å². The third kappa shape index (κ3) is 5.62. The normalized spacial score (nSPS) is 14.1. The van der Waals surface area contributed by atoms with Crippen LogP contribution in [0.25, 0.3) is 0 Å². The van der Waals surface area contributed by atoms with Crippen molar-refractivity contribution in [1.82, 2.24) is 9.80 Å². The Morgan fingerprint density at radius 1 is 0.933 bits per heavy atom. The van der Waals surface area contributed by atoms with Gasteiger partial charge in [0.2, 0.25) is 5.91 Å². The largest absolute Gasteiger partial charge is 0.493 e. The van der Waals surface area contributed by atoms with Crippen molar-refractivity contribution < 1.29 is 14.3 Å². The van der Waals surface area contributed by atoms with Gasteiger partial charge >= 0.3 is 0 Å². The van der Waals surface area contributed by atoms with E-state index in [0.717, 1.165) is 11.3 Å². The Morgan fingerprint density at radius 2 is 1.57 bits per heavy atom. The minimum absolute atomic E-state index is 0.0454. The van der Waals surface area contributed by atoms with E-state index < -0.39 is 0 Å². The molecular formula is C25H32N2O3. The highest BCUT2D eigenvalue weighted by Gasteiger charge is 2.24. The Bertz CT molecular complexity index is 853. The van der Waals surface area contributed by atoms with Gasteiger partial charge in [0.15, 0.2) is 0 Å². The quantitative estimate of drug-likeness (QED) is 0.643. The minimum atomic E-state index is 0.0454. The van der Waals surface area contributed by atoms with Crippen molar-refractivity contribution in [3.8, 4) is 5.75 Å². The van der Waals surface area contributed by atoms with E-state index in [1.165, 1.54) is 5.56 Å². The van der Waals surface area contributed by atoms with Crippen LogP contribution >= 0.6 is 0 Å². The molecule has 0 unspecified atom stereocenters. The lowest BCUT2D eigenvalue weighted by atomic mass is 10.0. The topological polar surface area (TPSA) is 49.9 Å². The van der Waals surface area contributed by atoms with Gasteiger partial charge in [0.25, 0.3) is 5.91 Å². The molecule has 1 aliphatic rings. The zero-order chi connectivity index (χ0) is 21.5. The average molecular weight is 409 g/mol. The van der Waals surface area contributed by atoms with Gasteiger partial charge in [-0.3, -0.25) is 9.59 Å². The van der Waals surface area contributed by atoms with Crippen LogP contribution in [0.4, 0.5) is 0 Å². The van der Waals surface area contributed by atoms with Crippen LogP contribution in [0.3, 0.4) is 0 Å². The number of para-hydroxylation sites is 1. The van der Waals surface area contributed by atoms with E-state index in [2.05, 4.69) is 13.8 Å². The van der Waals surface area contributed by atoms with E-state index in [9.17, 15) is 9.59 Å². The fraction of sp³-hybridized carbons (Fsp3) is 0.440. The third-order valence-electron chi connectivity index (χ3n) is 5.63. The molecule has 5 heteroatoms. The van der Waals surface area contributed by atoms with Gasteiger partial charge in [0.1, 0.15) is 5.75 Å². The molecule has 0 bridgehead atoms. The lowest BCUT2D eigenvalue weighted by molar-refractivity contribution is -0.132. The average Bonchev–Trinajstić information content (AvgIpc) is 2.77. The highest BCUT2D eigenvalue weighted by Crippen LogP contribution is 2.18. The number of ether oxygens (including phenoxy) is 1. The second-order valence-electron chi connectivity index (χ2n) is 8.17. The highest BCUT2D eigenvalue weighted by atomic mass is 16.5. The molecule has 1 heterocycles. The van der Waals surface area contributed by atoms with Gasteiger partial charge in [0, 0.05) is 38.2 Å². The molecule has 1 saturated heterocycles. The summed E-state index contributed by atoms with van der Waals surface area (Å²) in [4.78, 5) is 28.9. The summed E-state index contributed by atoms with van der Waals surface area (Å²) in [6.45, 7) is 9.16. The van der Waals surface area contributed by atoms with Crippen molar-refractivity contribution in [2.75, 3.05) is 32.8 Å². The number of benzene rings is 2. The Kier molecular flexibility index (Phi) is 7.50. The molecule has 30 heavy (non-hydrogen) atoms. The Labute approximate surface area is 179 Å². The predicted molar refractivity (Wildman–Crippen MR) is 119 cm³/mol. The van der Waals surface area contributed by atoms with Crippen LogP contribution in [0.2, 0.25) is 0 Å². The SMILES string of the molecule is Cc1ccccc1OCCCC(=O)N1CCN(C(=O)c2ccc(C(C)C)cc2)CC1. The summed E-state index contributed by atoms with van der Waals surface area (Å²) in [5, 5.41) is 0. The number of hydrogen-bond donors (Lipinski definition) is 0. The zero-order valence-electron chi connectivity index (χ0n) is 18.3. The fourth-order valence-electron chi connectivity index (χ4n) is 3.63. The number of carbonyl (C=O) groups is 2. The highest BCUT2D eigenvalue weighted by molar-refractivity contribution is 5.94. The number of aryl methyl sites for hydroxylation is 1. The molecular weight excluding hydrogens is 376 g/mol. The number of rotatable bonds is 7. The second kappa shape index (κ2) is 10.3. The molecule has 0 atom stereocenters. The van der Waals surface area contributed by atoms with E-state index >= 15 is 0 Å². The van der Waals surface area contributed by atoms with Crippen LogP contribution in [0, 0.1) is 6.92 Å². The Balaban J connectivity index is 1.40. The number of hydrogen-bond acceptors (Lipinski definition) is 3. The maximum absolute atomic E-state index is 12.7. The summed E-state index contributed by atoms with van der Waals surface area (Å²) >= 11 is 0. The molecule has 0 aromatic heterocycles. The van der Waals surface area contributed by atoms with Gasteiger partial charge in [-0.25, -0.2) is 0 Å². The molecule has 2 aromatic carbocycles. The summed E-state index contributed by atoms with van der Waals surface area (Å²) in [7, 11) is 0.